The van der Waals surface area contributed by atoms with Crippen molar-refractivity contribution in [1.82, 2.24) is 14.8 Å². The minimum Gasteiger partial charge on any atom is -0.452 e. The number of para-hydroxylation sites is 1. The van der Waals surface area contributed by atoms with E-state index in [1.807, 2.05) is 52.0 Å². The van der Waals surface area contributed by atoms with Gasteiger partial charge in [-0.2, -0.15) is 5.10 Å². The van der Waals surface area contributed by atoms with Crippen LogP contribution in [0.15, 0.2) is 42.6 Å². The lowest BCUT2D eigenvalue weighted by Crippen LogP contribution is -2.22. The van der Waals surface area contributed by atoms with Crippen LogP contribution in [0.1, 0.15) is 32.9 Å². The van der Waals surface area contributed by atoms with Gasteiger partial charge in [0.15, 0.2) is 12.4 Å². The number of hydrogen-bond donors (Lipinski definition) is 1. The van der Waals surface area contributed by atoms with Crippen molar-refractivity contribution in [3.05, 3.63) is 70.7 Å². The Morgan fingerprint density at radius 2 is 1.79 bits per heavy atom. The first-order chi connectivity index (χ1) is 13.3. The van der Waals surface area contributed by atoms with Crippen molar-refractivity contribution in [3.8, 4) is 5.82 Å². The van der Waals surface area contributed by atoms with E-state index < -0.39 is 11.9 Å². The van der Waals surface area contributed by atoms with Gasteiger partial charge in [0, 0.05) is 17.6 Å². The summed E-state index contributed by atoms with van der Waals surface area (Å²) in [6, 6.07) is 11.0. The molecule has 0 unspecified atom stereocenters. The summed E-state index contributed by atoms with van der Waals surface area (Å²) in [7, 11) is 0. The fourth-order valence-electron chi connectivity index (χ4n) is 2.89. The fraction of sp³-hybridized carbons (Fsp3) is 0.238. The zero-order chi connectivity index (χ0) is 20.3. The van der Waals surface area contributed by atoms with E-state index in [1.54, 1.807) is 16.8 Å². The number of esters is 1. The van der Waals surface area contributed by atoms with E-state index in [2.05, 4.69) is 15.4 Å². The van der Waals surface area contributed by atoms with Crippen LogP contribution < -0.4 is 5.32 Å². The summed E-state index contributed by atoms with van der Waals surface area (Å²) in [5, 5.41) is 7.13. The van der Waals surface area contributed by atoms with E-state index >= 15 is 0 Å². The normalized spacial score (nSPS) is 10.6. The number of hydrogen-bond acceptors (Lipinski definition) is 5. The number of aryl methyl sites for hydroxylation is 4. The molecule has 0 bridgehead atoms. The third kappa shape index (κ3) is 4.25. The molecule has 0 spiro atoms. The summed E-state index contributed by atoms with van der Waals surface area (Å²) >= 11 is 0. The van der Waals surface area contributed by atoms with Gasteiger partial charge >= 0.3 is 5.97 Å². The number of carbonyl (C=O) groups excluding carboxylic acids is 2. The Balaban J connectivity index is 1.60. The van der Waals surface area contributed by atoms with Crippen LogP contribution in [0.25, 0.3) is 5.82 Å². The maximum Gasteiger partial charge on any atom is 0.340 e. The van der Waals surface area contributed by atoms with Crippen molar-refractivity contribution in [2.45, 2.75) is 27.7 Å². The lowest BCUT2D eigenvalue weighted by molar-refractivity contribution is -0.119. The zero-order valence-electron chi connectivity index (χ0n) is 16.3. The topological polar surface area (TPSA) is 86.1 Å². The molecule has 1 N–H and O–H groups in total. The molecule has 144 valence electrons. The Hall–Kier alpha value is -3.48. The van der Waals surface area contributed by atoms with E-state index in [-0.39, 0.29) is 12.2 Å². The highest BCUT2D eigenvalue weighted by atomic mass is 16.5. The Morgan fingerprint density at radius 1 is 1.07 bits per heavy atom. The summed E-state index contributed by atoms with van der Waals surface area (Å²) < 4.78 is 6.80. The summed E-state index contributed by atoms with van der Waals surface area (Å²) in [5.41, 5.74) is 4.73. The Morgan fingerprint density at radius 3 is 2.36 bits per heavy atom. The van der Waals surface area contributed by atoms with Crippen LogP contribution in [0.3, 0.4) is 0 Å². The van der Waals surface area contributed by atoms with Gasteiger partial charge in [-0.1, -0.05) is 18.2 Å². The molecular formula is C21H22N4O3. The van der Waals surface area contributed by atoms with Crippen molar-refractivity contribution in [3.63, 3.8) is 0 Å². The molecule has 1 amide bonds. The Kier molecular flexibility index (Phi) is 5.54. The first kappa shape index (κ1) is 19.3. The number of pyridine rings is 1. The number of rotatable bonds is 5. The van der Waals surface area contributed by atoms with Crippen molar-refractivity contribution < 1.29 is 14.3 Å². The molecule has 0 fully saturated rings. The van der Waals surface area contributed by atoms with Gasteiger partial charge in [-0.3, -0.25) is 4.79 Å². The van der Waals surface area contributed by atoms with Crippen molar-refractivity contribution in [2.24, 2.45) is 0 Å². The van der Waals surface area contributed by atoms with E-state index in [0.29, 0.717) is 5.82 Å². The summed E-state index contributed by atoms with van der Waals surface area (Å²) in [6.07, 6.45) is 1.41. The summed E-state index contributed by atoms with van der Waals surface area (Å²) in [4.78, 5) is 28.6. The zero-order valence-corrected chi connectivity index (χ0v) is 16.3. The van der Waals surface area contributed by atoms with Gasteiger partial charge in [-0.25, -0.2) is 14.5 Å². The largest absolute Gasteiger partial charge is 0.452 e. The van der Waals surface area contributed by atoms with Crippen molar-refractivity contribution in [2.75, 3.05) is 11.9 Å². The molecule has 7 heteroatoms. The number of ether oxygens (including phenoxy) is 1. The van der Waals surface area contributed by atoms with Crippen LogP contribution in [-0.2, 0) is 9.53 Å². The maximum atomic E-state index is 12.2. The lowest BCUT2D eigenvalue weighted by atomic mass is 10.1. The molecule has 7 nitrogen and oxygen atoms in total. The van der Waals surface area contributed by atoms with Crippen molar-refractivity contribution in [1.29, 1.82) is 0 Å². The smallest absolute Gasteiger partial charge is 0.340 e. The van der Waals surface area contributed by atoms with E-state index in [9.17, 15) is 9.59 Å². The van der Waals surface area contributed by atoms with Crippen LogP contribution in [0.4, 0.5) is 5.69 Å². The molecule has 0 radical (unpaired) electrons. The van der Waals surface area contributed by atoms with Crippen LogP contribution in [0.5, 0.6) is 0 Å². The standard InChI is InChI=1S/C21H22N4O3/c1-13-6-5-7-14(2)20(13)23-19(26)12-28-21(27)17-8-9-18(22-11-17)25-16(4)10-15(3)24-25/h5-11H,12H2,1-4H3,(H,23,26). The predicted molar refractivity (Wildman–Crippen MR) is 106 cm³/mol. The first-order valence-corrected chi connectivity index (χ1v) is 8.88. The number of benzene rings is 1. The van der Waals surface area contributed by atoms with Crippen LogP contribution in [0.2, 0.25) is 0 Å². The summed E-state index contributed by atoms with van der Waals surface area (Å²) in [6.45, 7) is 7.28. The number of carbonyl (C=O) groups is 2. The van der Waals surface area contributed by atoms with Gasteiger partial charge in [0.2, 0.25) is 0 Å². The highest BCUT2D eigenvalue weighted by Crippen LogP contribution is 2.19. The second kappa shape index (κ2) is 8.04. The van der Waals surface area contributed by atoms with Gasteiger partial charge in [0.05, 0.1) is 11.3 Å². The molecule has 28 heavy (non-hydrogen) atoms. The van der Waals surface area contributed by atoms with Crippen LogP contribution >= 0.6 is 0 Å². The van der Waals surface area contributed by atoms with E-state index in [1.165, 1.54) is 6.20 Å². The highest BCUT2D eigenvalue weighted by Gasteiger charge is 2.13. The first-order valence-electron chi connectivity index (χ1n) is 8.88. The second-order valence-corrected chi connectivity index (χ2v) is 6.64. The minimum absolute atomic E-state index is 0.269. The number of anilines is 1. The number of nitrogens with zero attached hydrogens (tertiary/aromatic N) is 3. The Labute approximate surface area is 163 Å². The number of aromatic nitrogens is 3. The fourth-order valence-corrected chi connectivity index (χ4v) is 2.89. The van der Waals surface area contributed by atoms with Crippen LogP contribution in [-0.4, -0.2) is 33.2 Å². The quantitative estimate of drug-likeness (QED) is 0.689. The van der Waals surface area contributed by atoms with Crippen LogP contribution in [0, 0.1) is 27.7 Å². The predicted octanol–water partition coefficient (Wildman–Crippen LogP) is 3.30. The van der Waals surface area contributed by atoms with Gasteiger partial charge in [-0.05, 0) is 57.0 Å². The molecule has 3 aromatic rings. The third-order valence-corrected chi connectivity index (χ3v) is 4.29. The highest BCUT2D eigenvalue weighted by molar-refractivity contribution is 5.96. The molecule has 0 aliphatic rings. The molecule has 2 aromatic heterocycles. The molecule has 0 atom stereocenters. The average Bonchev–Trinajstić information content (AvgIpc) is 3.01. The molecular weight excluding hydrogens is 356 g/mol. The molecule has 0 aliphatic carbocycles. The molecule has 2 heterocycles. The minimum atomic E-state index is -0.607. The molecule has 1 aromatic carbocycles. The number of amides is 1. The lowest BCUT2D eigenvalue weighted by Gasteiger charge is -2.11. The average molecular weight is 378 g/mol. The van der Waals surface area contributed by atoms with E-state index in [4.69, 9.17) is 4.74 Å². The molecule has 0 saturated carbocycles. The van der Waals surface area contributed by atoms with Crippen molar-refractivity contribution >= 4 is 17.6 Å². The summed E-state index contributed by atoms with van der Waals surface area (Å²) in [5.74, 6) is -0.392. The van der Waals surface area contributed by atoms with Gasteiger partial charge in [-0.15, -0.1) is 0 Å². The number of nitrogens with one attached hydrogen (secondary N) is 1. The third-order valence-electron chi connectivity index (χ3n) is 4.29. The van der Waals surface area contributed by atoms with E-state index in [0.717, 1.165) is 28.2 Å². The molecule has 0 aliphatic heterocycles. The molecule has 3 rings (SSSR count). The Bertz CT molecular complexity index is 1000. The maximum absolute atomic E-state index is 12.2. The second-order valence-electron chi connectivity index (χ2n) is 6.64. The monoisotopic (exact) mass is 378 g/mol. The molecule has 0 saturated heterocycles. The van der Waals surface area contributed by atoms with Gasteiger partial charge in [0.25, 0.3) is 5.91 Å². The van der Waals surface area contributed by atoms with Gasteiger partial charge < -0.3 is 10.1 Å². The van der Waals surface area contributed by atoms with Gasteiger partial charge in [0.1, 0.15) is 0 Å². The SMILES string of the molecule is Cc1cc(C)n(-c2ccc(C(=O)OCC(=O)Nc3c(C)cccc3C)cn2)n1.